The highest BCUT2D eigenvalue weighted by atomic mass is 16.1. The van der Waals surface area contributed by atoms with Gasteiger partial charge in [0.15, 0.2) is 0 Å². The Balaban J connectivity index is 1.44. The third-order valence-electron chi connectivity index (χ3n) is 6.40. The van der Waals surface area contributed by atoms with E-state index in [4.69, 9.17) is 0 Å². The van der Waals surface area contributed by atoms with Gasteiger partial charge in [-0.25, -0.2) is 0 Å². The topological polar surface area (TPSA) is 95.6 Å². The minimum atomic E-state index is 0.0102. The lowest BCUT2D eigenvalue weighted by molar-refractivity contribution is -0.121. The average Bonchev–Trinajstić information content (AvgIpc) is 3.34. The molecule has 5 aromatic rings. The second kappa shape index (κ2) is 9.11. The number of aromatic nitrogens is 4. The largest absolute Gasteiger partial charge is 0.353 e. The van der Waals surface area contributed by atoms with Gasteiger partial charge in [-0.1, -0.05) is 36.9 Å². The molecule has 3 N–H and O–H groups in total. The number of rotatable bonds is 0. The summed E-state index contributed by atoms with van der Waals surface area (Å²) in [5, 5.41) is 15.0. The van der Waals surface area contributed by atoms with Crippen LogP contribution in [0, 0.1) is 0 Å². The van der Waals surface area contributed by atoms with Crippen LogP contribution in [0.4, 0.5) is 5.69 Å². The summed E-state index contributed by atoms with van der Waals surface area (Å²) in [5.41, 5.74) is 9.20. The minimum absolute atomic E-state index is 0.0102. The monoisotopic (exact) mass is 472 g/mol. The molecule has 0 saturated carbocycles. The highest BCUT2D eigenvalue weighted by Gasteiger charge is 2.13. The Hall–Kier alpha value is -4.78. The summed E-state index contributed by atoms with van der Waals surface area (Å²) < 4.78 is 0. The van der Waals surface area contributed by atoms with Crippen molar-refractivity contribution in [1.29, 1.82) is 0 Å². The van der Waals surface area contributed by atoms with Crippen molar-refractivity contribution >= 4 is 28.2 Å². The van der Waals surface area contributed by atoms with Gasteiger partial charge in [-0.2, -0.15) is 5.10 Å². The summed E-state index contributed by atoms with van der Waals surface area (Å²) >= 11 is 0. The Morgan fingerprint density at radius 2 is 1.58 bits per heavy atom. The van der Waals surface area contributed by atoms with Crippen LogP contribution in [0.2, 0.25) is 0 Å². The number of nitrogens with one attached hydrogen (secondary N) is 3. The highest BCUT2D eigenvalue weighted by Crippen LogP contribution is 2.30. The highest BCUT2D eigenvalue weighted by molar-refractivity contribution is 5.95. The van der Waals surface area contributed by atoms with Gasteiger partial charge in [0.2, 0.25) is 5.91 Å². The lowest BCUT2D eigenvalue weighted by atomic mass is 10.0. The molecular formula is C29H24N6O. The molecule has 1 aliphatic rings. The van der Waals surface area contributed by atoms with E-state index in [9.17, 15) is 4.79 Å². The maximum atomic E-state index is 12.6. The second-order valence-electron chi connectivity index (χ2n) is 8.96. The number of aromatic amines is 1. The van der Waals surface area contributed by atoms with E-state index in [0.29, 0.717) is 25.1 Å². The van der Waals surface area contributed by atoms with Crippen LogP contribution in [0.25, 0.3) is 38.9 Å². The standard InChI is InChI=1S/C29H24N6O/c1-18-29-26-12-22(6-7-27(26)34-35-29)23-10-20(13-30-15-23)14-32-28(36)8-5-19-3-2-4-21(9-19)24-11-25(33-18)17-31-16-24/h2-4,6-7,9-13,15-17,33H,1,5,8,14H2,(H,32,36)(H,34,35). The van der Waals surface area contributed by atoms with Crippen molar-refractivity contribution in [2.75, 3.05) is 5.32 Å². The molecule has 0 aliphatic carbocycles. The first-order valence-electron chi connectivity index (χ1n) is 11.8. The summed E-state index contributed by atoms with van der Waals surface area (Å²) in [4.78, 5) is 21.4. The van der Waals surface area contributed by atoms with E-state index in [1.54, 1.807) is 12.4 Å². The lowest BCUT2D eigenvalue weighted by Gasteiger charge is -2.11. The van der Waals surface area contributed by atoms with Gasteiger partial charge < -0.3 is 10.6 Å². The molecule has 36 heavy (non-hydrogen) atoms. The van der Waals surface area contributed by atoms with Crippen LogP contribution in [0.15, 0.2) is 86.0 Å². The summed E-state index contributed by atoms with van der Waals surface area (Å²) in [7, 11) is 0. The fourth-order valence-corrected chi connectivity index (χ4v) is 4.52. The first-order valence-corrected chi connectivity index (χ1v) is 11.8. The normalized spacial score (nSPS) is 13.8. The fraction of sp³-hybridized carbons (Fsp3) is 0.103. The maximum absolute atomic E-state index is 12.6. The number of anilines is 1. The van der Waals surface area contributed by atoms with Crippen molar-refractivity contribution in [1.82, 2.24) is 25.5 Å². The van der Waals surface area contributed by atoms with Crippen LogP contribution >= 0.6 is 0 Å². The van der Waals surface area contributed by atoms with E-state index < -0.39 is 0 Å². The van der Waals surface area contributed by atoms with E-state index in [1.807, 2.05) is 48.8 Å². The molecule has 1 amide bonds. The van der Waals surface area contributed by atoms with Crippen molar-refractivity contribution in [2.24, 2.45) is 0 Å². The molecule has 176 valence electrons. The van der Waals surface area contributed by atoms with Gasteiger partial charge in [-0.3, -0.25) is 19.9 Å². The van der Waals surface area contributed by atoms with Crippen LogP contribution in [0.1, 0.15) is 23.2 Å². The van der Waals surface area contributed by atoms with Crippen LogP contribution in [-0.4, -0.2) is 26.1 Å². The Morgan fingerprint density at radius 3 is 2.50 bits per heavy atom. The molecule has 3 aromatic heterocycles. The van der Waals surface area contributed by atoms with Crippen molar-refractivity contribution in [3.8, 4) is 22.3 Å². The Kier molecular flexibility index (Phi) is 5.50. The van der Waals surface area contributed by atoms with Crippen LogP contribution in [0.5, 0.6) is 0 Å². The minimum Gasteiger partial charge on any atom is -0.353 e. The fourth-order valence-electron chi connectivity index (χ4n) is 4.52. The zero-order valence-electron chi connectivity index (χ0n) is 19.6. The molecule has 0 fully saturated rings. The van der Waals surface area contributed by atoms with E-state index >= 15 is 0 Å². The molecule has 1 aliphatic heterocycles. The van der Waals surface area contributed by atoms with E-state index in [1.165, 1.54) is 0 Å². The van der Waals surface area contributed by atoms with Crippen LogP contribution in [0.3, 0.4) is 0 Å². The number of aryl methyl sites for hydroxylation is 1. The first kappa shape index (κ1) is 21.7. The number of carbonyl (C=O) groups excluding carboxylic acids is 1. The molecule has 8 bridgehead atoms. The van der Waals surface area contributed by atoms with E-state index in [2.05, 4.69) is 55.6 Å². The summed E-state index contributed by atoms with van der Waals surface area (Å²) in [6, 6.07) is 18.4. The molecule has 0 spiro atoms. The molecular weight excluding hydrogens is 448 g/mol. The van der Waals surface area contributed by atoms with Gasteiger partial charge in [0.25, 0.3) is 0 Å². The van der Waals surface area contributed by atoms with Crippen LogP contribution in [-0.2, 0) is 17.8 Å². The van der Waals surface area contributed by atoms with Crippen molar-refractivity contribution < 1.29 is 4.79 Å². The molecule has 7 nitrogen and oxygen atoms in total. The molecule has 2 aromatic carbocycles. The molecule has 7 heteroatoms. The van der Waals surface area contributed by atoms with E-state index in [-0.39, 0.29) is 5.91 Å². The van der Waals surface area contributed by atoms with Crippen molar-refractivity contribution in [3.63, 3.8) is 0 Å². The Bertz CT molecular complexity index is 1620. The van der Waals surface area contributed by atoms with E-state index in [0.717, 1.165) is 55.7 Å². The maximum Gasteiger partial charge on any atom is 0.220 e. The van der Waals surface area contributed by atoms with Gasteiger partial charge in [0, 0.05) is 48.1 Å². The molecule has 0 radical (unpaired) electrons. The van der Waals surface area contributed by atoms with Gasteiger partial charge in [0.1, 0.15) is 5.69 Å². The van der Waals surface area contributed by atoms with Gasteiger partial charge in [0.05, 0.1) is 23.1 Å². The first-order chi connectivity index (χ1) is 17.6. The smallest absolute Gasteiger partial charge is 0.220 e. The number of hydrogen-bond acceptors (Lipinski definition) is 5. The molecule has 0 saturated heterocycles. The number of carbonyl (C=O) groups is 1. The van der Waals surface area contributed by atoms with Gasteiger partial charge in [-0.15, -0.1) is 0 Å². The molecule has 0 unspecified atom stereocenters. The number of amides is 1. The average molecular weight is 473 g/mol. The number of pyridine rings is 2. The zero-order chi connectivity index (χ0) is 24.5. The van der Waals surface area contributed by atoms with Gasteiger partial charge >= 0.3 is 0 Å². The predicted octanol–water partition coefficient (Wildman–Crippen LogP) is 5.33. The Labute approximate surface area is 208 Å². The molecule has 6 rings (SSSR count). The van der Waals surface area contributed by atoms with Gasteiger partial charge in [-0.05, 0) is 52.9 Å². The quantitative estimate of drug-likeness (QED) is 0.283. The summed E-state index contributed by atoms with van der Waals surface area (Å²) in [6.07, 6.45) is 8.29. The SMILES string of the molecule is C=C1Nc2cncc(c2)-c2cccc(c2)CCC(=O)NCc2cncc(c2)-c2ccc3[nH]nc1c3c2. The van der Waals surface area contributed by atoms with Crippen LogP contribution < -0.4 is 10.6 Å². The molecule has 0 atom stereocenters. The predicted molar refractivity (Wildman–Crippen MR) is 142 cm³/mol. The summed E-state index contributed by atoms with van der Waals surface area (Å²) in [6.45, 7) is 4.68. The number of fused-ring (bicyclic) bond motifs is 9. The summed E-state index contributed by atoms with van der Waals surface area (Å²) in [5.74, 6) is 0.0102. The zero-order valence-corrected chi connectivity index (χ0v) is 19.6. The third kappa shape index (κ3) is 4.34. The number of hydrogen-bond donors (Lipinski definition) is 3. The second-order valence-corrected chi connectivity index (χ2v) is 8.96. The lowest BCUT2D eigenvalue weighted by Crippen LogP contribution is -2.23. The Morgan fingerprint density at radius 1 is 0.778 bits per heavy atom. The third-order valence-corrected chi connectivity index (χ3v) is 6.40. The number of nitrogens with zero attached hydrogens (tertiary/aromatic N) is 3. The van der Waals surface area contributed by atoms with Crippen molar-refractivity contribution in [3.05, 3.63) is 103 Å². The number of H-pyrrole nitrogens is 1. The van der Waals surface area contributed by atoms with Crippen molar-refractivity contribution in [2.45, 2.75) is 19.4 Å². The molecule has 4 heterocycles. The number of benzene rings is 2.